The number of ether oxygens (including phenoxy) is 3. The van der Waals surface area contributed by atoms with Crippen LogP contribution in [-0.2, 0) is 25.6 Å². The summed E-state index contributed by atoms with van der Waals surface area (Å²) < 4.78 is 18.2. The van der Waals surface area contributed by atoms with Crippen molar-refractivity contribution in [2.24, 2.45) is 4.99 Å². The summed E-state index contributed by atoms with van der Waals surface area (Å²) in [6.45, 7) is 6.13. The molecular weight excluding hydrogens is 697 g/mol. The molecule has 5 aromatic carbocycles. The first kappa shape index (κ1) is 38.3. The summed E-state index contributed by atoms with van der Waals surface area (Å²) in [6, 6.07) is 43.4. The second-order valence-electron chi connectivity index (χ2n) is 14.1. The highest BCUT2D eigenvalue weighted by Crippen LogP contribution is 2.44. The largest absolute Gasteiger partial charge is 0.494 e. The maximum absolute atomic E-state index is 14.9. The second kappa shape index (κ2) is 17.6. The summed E-state index contributed by atoms with van der Waals surface area (Å²) in [5, 5.41) is 12.3. The minimum atomic E-state index is -1.52. The first-order valence-electron chi connectivity index (χ1n) is 18.2. The SMILES string of the molecule is CC(C)(C)OC(=O)CC[C@@]1(C(=O)NCc2ccccc2Sc2ccccc2)N=C(c2ccc(OCCCO)cc2)O[C@@H]1c1ccc(-c2ccccc2)cc1. The van der Waals surface area contributed by atoms with Crippen molar-refractivity contribution < 1.29 is 28.9 Å². The average Bonchev–Trinajstić information content (AvgIpc) is 3.58. The third kappa shape index (κ3) is 9.78. The Kier molecular flexibility index (Phi) is 12.5. The van der Waals surface area contributed by atoms with Crippen molar-refractivity contribution in [1.82, 2.24) is 5.32 Å². The molecule has 6 rings (SSSR count). The Morgan fingerprint density at radius 1 is 0.815 bits per heavy atom. The molecule has 278 valence electrons. The van der Waals surface area contributed by atoms with Crippen molar-refractivity contribution in [2.75, 3.05) is 13.2 Å². The van der Waals surface area contributed by atoms with Gasteiger partial charge in [0.25, 0.3) is 5.91 Å². The van der Waals surface area contributed by atoms with Crippen molar-refractivity contribution in [3.05, 3.63) is 150 Å². The summed E-state index contributed by atoms with van der Waals surface area (Å²) in [5.41, 5.74) is 2.23. The highest BCUT2D eigenvalue weighted by Gasteiger charge is 2.53. The van der Waals surface area contributed by atoms with Gasteiger partial charge in [0.15, 0.2) is 11.6 Å². The van der Waals surface area contributed by atoms with Gasteiger partial charge in [-0.3, -0.25) is 9.59 Å². The molecule has 1 heterocycles. The van der Waals surface area contributed by atoms with E-state index >= 15 is 0 Å². The zero-order chi connectivity index (χ0) is 38.0. The van der Waals surface area contributed by atoms with E-state index in [4.69, 9.17) is 24.3 Å². The lowest BCUT2D eigenvalue weighted by Gasteiger charge is -2.31. The van der Waals surface area contributed by atoms with Gasteiger partial charge in [0.05, 0.1) is 6.61 Å². The summed E-state index contributed by atoms with van der Waals surface area (Å²) in [5.74, 6) is 0.139. The van der Waals surface area contributed by atoms with Crippen LogP contribution in [0.4, 0.5) is 0 Å². The molecule has 9 heteroatoms. The van der Waals surface area contributed by atoms with Crippen LogP contribution in [0.15, 0.2) is 148 Å². The summed E-state index contributed by atoms with van der Waals surface area (Å²) in [7, 11) is 0. The van der Waals surface area contributed by atoms with Gasteiger partial charge in [0.1, 0.15) is 11.4 Å². The molecule has 0 aliphatic carbocycles. The van der Waals surface area contributed by atoms with Crippen LogP contribution in [-0.4, -0.2) is 47.2 Å². The van der Waals surface area contributed by atoms with Gasteiger partial charge in [-0.2, -0.15) is 0 Å². The number of benzene rings is 5. The third-order valence-electron chi connectivity index (χ3n) is 8.86. The number of nitrogens with zero attached hydrogens (tertiary/aromatic N) is 1. The molecule has 1 aliphatic heterocycles. The zero-order valence-corrected chi connectivity index (χ0v) is 31.7. The molecule has 8 nitrogen and oxygen atoms in total. The second-order valence-corrected chi connectivity index (χ2v) is 15.2. The topological polar surface area (TPSA) is 106 Å². The summed E-state index contributed by atoms with van der Waals surface area (Å²) >= 11 is 1.63. The molecule has 0 saturated heterocycles. The predicted octanol–water partition coefficient (Wildman–Crippen LogP) is 8.96. The Labute approximate surface area is 321 Å². The van der Waals surface area contributed by atoms with Gasteiger partial charge in [-0.15, -0.1) is 0 Å². The lowest BCUT2D eigenvalue weighted by Crippen LogP contribution is -2.48. The van der Waals surface area contributed by atoms with Crippen molar-refractivity contribution in [3.63, 3.8) is 0 Å². The monoisotopic (exact) mass is 742 g/mol. The predicted molar refractivity (Wildman–Crippen MR) is 213 cm³/mol. The molecule has 0 aromatic heterocycles. The lowest BCUT2D eigenvalue weighted by molar-refractivity contribution is -0.155. The molecule has 5 aromatic rings. The third-order valence-corrected chi connectivity index (χ3v) is 9.99. The standard InChI is InChI=1S/C45H46N2O6S/c1-44(2,3)53-40(49)27-28-45(43(50)46-31-36-15-10-11-18-39(36)54-38-16-8-5-9-17-38)41(34-21-19-33(20-22-34)32-13-6-4-7-14-32)52-42(47-45)35-23-25-37(26-24-35)51-30-12-29-48/h4-11,13-26,41,48H,12,27-31H2,1-3H3,(H,46,50)/t41-,45-/m1/s1. The van der Waals surface area contributed by atoms with Crippen LogP contribution in [0, 0.1) is 0 Å². The Morgan fingerprint density at radius 2 is 1.44 bits per heavy atom. The van der Waals surface area contributed by atoms with E-state index in [1.54, 1.807) is 11.8 Å². The first-order valence-corrected chi connectivity index (χ1v) is 19.0. The molecule has 1 amide bonds. The van der Waals surface area contributed by atoms with Crippen LogP contribution in [0.2, 0.25) is 0 Å². The maximum atomic E-state index is 14.9. The summed E-state index contributed by atoms with van der Waals surface area (Å²) in [6.07, 6.45) is -0.339. The van der Waals surface area contributed by atoms with E-state index in [0.29, 0.717) is 24.3 Å². The van der Waals surface area contributed by atoms with Crippen LogP contribution in [0.25, 0.3) is 11.1 Å². The molecule has 2 atom stereocenters. The number of hydrogen-bond acceptors (Lipinski definition) is 8. The molecule has 2 N–H and O–H groups in total. The van der Waals surface area contributed by atoms with Gasteiger partial charge in [0, 0.05) is 41.3 Å². The van der Waals surface area contributed by atoms with Crippen LogP contribution < -0.4 is 10.1 Å². The first-order chi connectivity index (χ1) is 26.1. The average molecular weight is 743 g/mol. The number of hydrogen-bond donors (Lipinski definition) is 2. The van der Waals surface area contributed by atoms with Crippen molar-refractivity contribution >= 4 is 29.5 Å². The minimum absolute atomic E-state index is 0.0430. The van der Waals surface area contributed by atoms with Gasteiger partial charge in [-0.1, -0.05) is 103 Å². The fraction of sp³-hybridized carbons (Fsp3) is 0.267. The summed E-state index contributed by atoms with van der Waals surface area (Å²) in [4.78, 5) is 35.3. The molecule has 54 heavy (non-hydrogen) atoms. The number of carbonyl (C=O) groups is 2. The molecule has 0 radical (unpaired) electrons. The molecule has 1 aliphatic rings. The van der Waals surface area contributed by atoms with E-state index in [2.05, 4.69) is 17.4 Å². The van der Waals surface area contributed by atoms with E-state index in [0.717, 1.165) is 32.0 Å². The van der Waals surface area contributed by atoms with Gasteiger partial charge < -0.3 is 24.6 Å². The van der Waals surface area contributed by atoms with E-state index in [1.807, 2.05) is 142 Å². The van der Waals surface area contributed by atoms with Crippen molar-refractivity contribution in [2.45, 2.75) is 73.6 Å². The molecule has 0 spiro atoms. The van der Waals surface area contributed by atoms with Crippen LogP contribution >= 0.6 is 11.8 Å². The fourth-order valence-electron chi connectivity index (χ4n) is 6.23. The normalized spacial score (nSPS) is 16.6. The zero-order valence-electron chi connectivity index (χ0n) is 30.9. The van der Waals surface area contributed by atoms with E-state index in [-0.39, 0.29) is 37.8 Å². The lowest BCUT2D eigenvalue weighted by atomic mass is 9.83. The maximum Gasteiger partial charge on any atom is 0.306 e. The number of nitrogens with one attached hydrogen (secondary N) is 1. The van der Waals surface area contributed by atoms with E-state index < -0.39 is 23.2 Å². The van der Waals surface area contributed by atoms with E-state index in [9.17, 15) is 9.59 Å². The Hall–Kier alpha value is -5.38. The number of amides is 1. The quantitative estimate of drug-likeness (QED) is 0.0815. The number of aliphatic hydroxyl groups is 1. The molecular formula is C45H46N2O6S. The number of carbonyl (C=O) groups excluding carboxylic acids is 2. The fourth-order valence-corrected chi connectivity index (χ4v) is 7.20. The van der Waals surface area contributed by atoms with E-state index in [1.165, 1.54) is 0 Å². The smallest absolute Gasteiger partial charge is 0.306 e. The van der Waals surface area contributed by atoms with Crippen LogP contribution in [0.3, 0.4) is 0 Å². The molecule has 0 saturated carbocycles. The number of rotatable bonds is 15. The Morgan fingerprint density at radius 3 is 2.13 bits per heavy atom. The van der Waals surface area contributed by atoms with Crippen molar-refractivity contribution in [1.29, 1.82) is 0 Å². The molecule has 0 bridgehead atoms. The highest BCUT2D eigenvalue weighted by atomic mass is 32.2. The minimum Gasteiger partial charge on any atom is -0.494 e. The Balaban J connectivity index is 1.36. The van der Waals surface area contributed by atoms with Crippen LogP contribution in [0.5, 0.6) is 5.75 Å². The number of aliphatic hydroxyl groups excluding tert-OH is 1. The highest BCUT2D eigenvalue weighted by molar-refractivity contribution is 7.99. The van der Waals surface area contributed by atoms with Gasteiger partial charge in [0.2, 0.25) is 5.90 Å². The van der Waals surface area contributed by atoms with Gasteiger partial charge in [-0.05, 0) is 91.9 Å². The Bertz CT molecular complexity index is 2030. The molecule has 0 unspecified atom stereocenters. The van der Waals surface area contributed by atoms with Gasteiger partial charge in [-0.25, -0.2) is 4.99 Å². The van der Waals surface area contributed by atoms with Crippen LogP contribution in [0.1, 0.15) is 62.8 Å². The van der Waals surface area contributed by atoms with Gasteiger partial charge >= 0.3 is 5.97 Å². The molecule has 0 fully saturated rings. The number of esters is 1. The number of aliphatic imine (C=N–C) groups is 1. The van der Waals surface area contributed by atoms with Crippen molar-refractivity contribution in [3.8, 4) is 16.9 Å².